The van der Waals surface area contributed by atoms with Crippen molar-refractivity contribution in [3.05, 3.63) is 53.6 Å². The number of rotatable bonds is 3. The Morgan fingerprint density at radius 2 is 1.91 bits per heavy atom. The summed E-state index contributed by atoms with van der Waals surface area (Å²) in [6.07, 6.45) is 0. The van der Waals surface area contributed by atoms with Gasteiger partial charge in [0.15, 0.2) is 5.69 Å². The molecule has 1 aromatic heterocycles. The van der Waals surface area contributed by atoms with Gasteiger partial charge in [-0.05, 0) is 30.7 Å². The maximum absolute atomic E-state index is 11.0. The van der Waals surface area contributed by atoms with E-state index in [9.17, 15) is 9.90 Å². The van der Waals surface area contributed by atoms with Crippen LogP contribution in [0.3, 0.4) is 0 Å². The average molecular weight is 295 g/mol. The number of fused-ring (bicyclic) bond motifs is 1. The van der Waals surface area contributed by atoms with Gasteiger partial charge < -0.3 is 15.2 Å². The Hall–Kier alpha value is -3.15. The number of para-hydroxylation sites is 1. The van der Waals surface area contributed by atoms with E-state index in [0.29, 0.717) is 11.4 Å². The molecule has 0 amide bonds. The second kappa shape index (κ2) is 5.33. The van der Waals surface area contributed by atoms with Gasteiger partial charge in [0.1, 0.15) is 0 Å². The number of hydrogen-bond donors (Lipinski definition) is 3. The number of carboxylic acids is 1. The maximum Gasteiger partial charge on any atom is 0.335 e. The van der Waals surface area contributed by atoms with Gasteiger partial charge in [-0.2, -0.15) is 5.11 Å². The van der Waals surface area contributed by atoms with Gasteiger partial charge in [0.05, 0.1) is 16.8 Å². The SMILES string of the molecule is Cc1ccc(C(=O)O)cc1N=Nc1c(O)[nH]c2ccccc12. The number of carboxylic acid groups (broad SMARTS) is 1. The standard InChI is InChI=1S/C16H13N3O3/c1-9-6-7-10(16(21)22)8-13(9)18-19-14-11-4-2-3-5-12(11)17-15(14)20/h2-8,17,20H,1H3,(H,21,22). The van der Waals surface area contributed by atoms with Crippen LogP contribution in [0.4, 0.5) is 11.4 Å². The van der Waals surface area contributed by atoms with Crippen LogP contribution in [-0.4, -0.2) is 21.2 Å². The Kier molecular flexibility index (Phi) is 3.34. The average Bonchev–Trinajstić information content (AvgIpc) is 2.81. The molecule has 2 aromatic carbocycles. The molecule has 3 N–H and O–H groups in total. The summed E-state index contributed by atoms with van der Waals surface area (Å²) in [6, 6.07) is 12.0. The molecule has 0 spiro atoms. The lowest BCUT2D eigenvalue weighted by Crippen LogP contribution is -1.95. The lowest BCUT2D eigenvalue weighted by atomic mass is 10.1. The van der Waals surface area contributed by atoms with Gasteiger partial charge in [-0.15, -0.1) is 5.11 Å². The highest BCUT2D eigenvalue weighted by Gasteiger charge is 2.10. The van der Waals surface area contributed by atoms with Crippen LogP contribution < -0.4 is 0 Å². The van der Waals surface area contributed by atoms with Gasteiger partial charge in [-0.3, -0.25) is 0 Å². The molecule has 3 rings (SSSR count). The van der Waals surface area contributed by atoms with Gasteiger partial charge in [-0.25, -0.2) is 4.79 Å². The number of nitrogens with zero attached hydrogens (tertiary/aromatic N) is 2. The number of azo groups is 1. The van der Waals surface area contributed by atoms with E-state index in [4.69, 9.17) is 5.11 Å². The van der Waals surface area contributed by atoms with Crippen molar-refractivity contribution >= 4 is 28.2 Å². The Morgan fingerprint density at radius 1 is 1.14 bits per heavy atom. The van der Waals surface area contributed by atoms with Crippen LogP contribution in [0.1, 0.15) is 15.9 Å². The van der Waals surface area contributed by atoms with E-state index in [2.05, 4.69) is 15.2 Å². The fraction of sp³-hybridized carbons (Fsp3) is 0.0625. The highest BCUT2D eigenvalue weighted by atomic mass is 16.4. The van der Waals surface area contributed by atoms with E-state index in [1.54, 1.807) is 6.07 Å². The normalized spacial score (nSPS) is 11.3. The highest BCUT2D eigenvalue weighted by molar-refractivity contribution is 5.94. The lowest BCUT2D eigenvalue weighted by molar-refractivity contribution is 0.0697. The summed E-state index contributed by atoms with van der Waals surface area (Å²) in [5.41, 5.74) is 2.47. The summed E-state index contributed by atoms with van der Waals surface area (Å²) < 4.78 is 0. The van der Waals surface area contributed by atoms with Crippen molar-refractivity contribution in [2.45, 2.75) is 6.92 Å². The molecular formula is C16H13N3O3. The molecule has 0 atom stereocenters. The molecular weight excluding hydrogens is 282 g/mol. The van der Waals surface area contributed by atoms with Crippen molar-refractivity contribution < 1.29 is 15.0 Å². The first-order valence-corrected chi connectivity index (χ1v) is 6.61. The summed E-state index contributed by atoms with van der Waals surface area (Å²) in [5, 5.41) is 27.8. The molecule has 22 heavy (non-hydrogen) atoms. The van der Waals surface area contributed by atoms with Crippen LogP contribution in [0.2, 0.25) is 0 Å². The smallest absolute Gasteiger partial charge is 0.335 e. The van der Waals surface area contributed by atoms with E-state index in [1.165, 1.54) is 12.1 Å². The number of nitrogens with one attached hydrogen (secondary N) is 1. The molecule has 0 aliphatic rings. The molecule has 0 unspecified atom stereocenters. The zero-order valence-corrected chi connectivity index (χ0v) is 11.7. The van der Waals surface area contributed by atoms with Gasteiger partial charge in [0.2, 0.25) is 5.88 Å². The van der Waals surface area contributed by atoms with E-state index >= 15 is 0 Å². The predicted molar refractivity (Wildman–Crippen MR) is 82.3 cm³/mol. The third-order valence-corrected chi connectivity index (χ3v) is 3.37. The van der Waals surface area contributed by atoms with E-state index in [-0.39, 0.29) is 11.4 Å². The molecule has 6 nitrogen and oxygen atoms in total. The van der Waals surface area contributed by atoms with Crippen LogP contribution >= 0.6 is 0 Å². The Balaban J connectivity index is 2.05. The first-order chi connectivity index (χ1) is 10.6. The summed E-state index contributed by atoms with van der Waals surface area (Å²) in [4.78, 5) is 13.8. The zero-order chi connectivity index (χ0) is 15.7. The third kappa shape index (κ3) is 2.42. The highest BCUT2D eigenvalue weighted by Crippen LogP contribution is 2.36. The number of benzene rings is 2. The molecule has 0 saturated heterocycles. The fourth-order valence-electron chi connectivity index (χ4n) is 2.17. The lowest BCUT2D eigenvalue weighted by Gasteiger charge is -2.00. The Bertz CT molecular complexity index is 897. The van der Waals surface area contributed by atoms with Crippen LogP contribution in [0, 0.1) is 6.92 Å². The van der Waals surface area contributed by atoms with Gasteiger partial charge in [0.25, 0.3) is 0 Å². The summed E-state index contributed by atoms with van der Waals surface area (Å²) >= 11 is 0. The van der Waals surface area contributed by atoms with Crippen LogP contribution in [0.5, 0.6) is 5.88 Å². The molecule has 0 fully saturated rings. The van der Waals surface area contributed by atoms with Crippen molar-refractivity contribution in [3.8, 4) is 5.88 Å². The molecule has 110 valence electrons. The number of hydrogen-bond acceptors (Lipinski definition) is 4. The first-order valence-electron chi connectivity index (χ1n) is 6.61. The Morgan fingerprint density at radius 3 is 2.68 bits per heavy atom. The number of aromatic amines is 1. The van der Waals surface area contributed by atoms with Crippen LogP contribution in [-0.2, 0) is 0 Å². The minimum absolute atomic E-state index is 0.0722. The van der Waals surface area contributed by atoms with E-state index in [0.717, 1.165) is 16.5 Å². The molecule has 0 bridgehead atoms. The second-order valence-corrected chi connectivity index (χ2v) is 4.87. The fourth-order valence-corrected chi connectivity index (χ4v) is 2.17. The number of aromatic nitrogens is 1. The zero-order valence-electron chi connectivity index (χ0n) is 11.7. The number of aryl methyl sites for hydroxylation is 1. The Labute approximate surface area is 125 Å². The van der Waals surface area contributed by atoms with Gasteiger partial charge >= 0.3 is 5.97 Å². The van der Waals surface area contributed by atoms with Crippen molar-refractivity contribution in [3.63, 3.8) is 0 Å². The van der Waals surface area contributed by atoms with E-state index in [1.807, 2.05) is 31.2 Å². The number of H-pyrrole nitrogens is 1. The van der Waals surface area contributed by atoms with Crippen molar-refractivity contribution in [1.29, 1.82) is 0 Å². The van der Waals surface area contributed by atoms with Crippen LogP contribution in [0.25, 0.3) is 10.9 Å². The van der Waals surface area contributed by atoms with Crippen molar-refractivity contribution in [1.82, 2.24) is 4.98 Å². The van der Waals surface area contributed by atoms with Gasteiger partial charge in [-0.1, -0.05) is 24.3 Å². The number of carbonyl (C=O) groups is 1. The molecule has 0 saturated carbocycles. The summed E-state index contributed by atoms with van der Waals surface area (Å²) in [5.74, 6) is -1.09. The third-order valence-electron chi connectivity index (χ3n) is 3.37. The van der Waals surface area contributed by atoms with Gasteiger partial charge in [0, 0.05) is 5.39 Å². The summed E-state index contributed by atoms with van der Waals surface area (Å²) in [6.45, 7) is 1.81. The maximum atomic E-state index is 11.0. The molecule has 6 heteroatoms. The topological polar surface area (TPSA) is 98.0 Å². The van der Waals surface area contributed by atoms with E-state index < -0.39 is 5.97 Å². The molecule has 1 heterocycles. The summed E-state index contributed by atoms with van der Waals surface area (Å²) in [7, 11) is 0. The quantitative estimate of drug-likeness (QED) is 0.628. The molecule has 3 aromatic rings. The predicted octanol–water partition coefficient (Wildman–Crippen LogP) is 4.30. The number of aromatic carboxylic acids is 1. The largest absolute Gasteiger partial charge is 0.493 e. The van der Waals surface area contributed by atoms with Crippen molar-refractivity contribution in [2.24, 2.45) is 10.2 Å². The van der Waals surface area contributed by atoms with Crippen LogP contribution in [0.15, 0.2) is 52.7 Å². The van der Waals surface area contributed by atoms with Crippen molar-refractivity contribution in [2.75, 3.05) is 0 Å². The minimum Gasteiger partial charge on any atom is -0.493 e. The molecule has 0 aliphatic carbocycles. The monoisotopic (exact) mass is 295 g/mol. The number of aromatic hydroxyl groups is 1. The minimum atomic E-state index is -1.02. The first kappa shape index (κ1) is 13.8. The molecule has 0 aliphatic heterocycles. The second-order valence-electron chi connectivity index (χ2n) is 4.87. The molecule has 0 radical (unpaired) electrons.